The highest BCUT2D eigenvalue weighted by atomic mass is 16.6. The number of ether oxygens (including phenoxy) is 1. The van der Waals surface area contributed by atoms with Gasteiger partial charge in [0, 0.05) is 17.8 Å². The predicted molar refractivity (Wildman–Crippen MR) is 88.8 cm³/mol. The van der Waals surface area contributed by atoms with Crippen molar-refractivity contribution >= 4 is 11.4 Å². The molecule has 0 aliphatic carbocycles. The van der Waals surface area contributed by atoms with Crippen molar-refractivity contribution in [2.75, 3.05) is 12.4 Å². The van der Waals surface area contributed by atoms with Gasteiger partial charge in [0.2, 0.25) is 0 Å². The van der Waals surface area contributed by atoms with Gasteiger partial charge in [0.1, 0.15) is 5.75 Å². The topological polar surface area (TPSA) is 84.6 Å². The Morgan fingerprint density at radius 3 is 2.26 bits per heavy atom. The lowest BCUT2D eigenvalue weighted by atomic mass is 10.0. The maximum Gasteiger partial charge on any atom is 0.269 e. The smallest absolute Gasteiger partial charge is 0.269 e. The largest absolute Gasteiger partial charge is 0.497 e. The van der Waals surface area contributed by atoms with E-state index in [2.05, 4.69) is 5.32 Å². The maximum atomic E-state index is 10.7. The summed E-state index contributed by atoms with van der Waals surface area (Å²) in [5, 5.41) is 23.8. The molecule has 0 aliphatic heterocycles. The first-order chi connectivity index (χ1) is 11.0. The number of hydrogen-bond donors (Lipinski definition) is 2. The van der Waals surface area contributed by atoms with Crippen molar-refractivity contribution in [3.05, 3.63) is 64.2 Å². The number of methoxy groups -OCH3 is 1. The van der Waals surface area contributed by atoms with Gasteiger partial charge in [-0.25, -0.2) is 0 Å². The van der Waals surface area contributed by atoms with Crippen LogP contribution in [0.25, 0.3) is 0 Å². The molecule has 2 aromatic carbocycles. The van der Waals surface area contributed by atoms with E-state index in [0.29, 0.717) is 6.42 Å². The Morgan fingerprint density at radius 2 is 1.78 bits per heavy atom. The summed E-state index contributed by atoms with van der Waals surface area (Å²) in [5.41, 5.74) is 1.82. The minimum absolute atomic E-state index is 0.0500. The second-order valence-electron chi connectivity index (χ2n) is 5.36. The van der Waals surface area contributed by atoms with Crippen molar-refractivity contribution in [2.24, 2.45) is 0 Å². The van der Waals surface area contributed by atoms with Gasteiger partial charge in [0.05, 0.1) is 24.2 Å². The van der Waals surface area contributed by atoms with E-state index in [0.717, 1.165) is 17.0 Å². The third-order valence-corrected chi connectivity index (χ3v) is 3.51. The molecule has 0 aliphatic rings. The van der Waals surface area contributed by atoms with E-state index in [9.17, 15) is 15.2 Å². The zero-order chi connectivity index (χ0) is 16.8. The van der Waals surface area contributed by atoms with Crippen LogP contribution in [0.1, 0.15) is 24.9 Å². The highest BCUT2D eigenvalue weighted by Gasteiger charge is 2.16. The number of anilines is 1. The fraction of sp³-hybridized carbons (Fsp3) is 0.294. The van der Waals surface area contributed by atoms with Gasteiger partial charge in [-0.2, -0.15) is 0 Å². The number of nitro benzene ring substituents is 1. The minimum atomic E-state index is -0.499. The summed E-state index contributed by atoms with van der Waals surface area (Å²) in [6.07, 6.45) is -0.00921. The molecule has 1 unspecified atom stereocenters. The van der Waals surface area contributed by atoms with E-state index >= 15 is 0 Å². The van der Waals surface area contributed by atoms with Crippen LogP contribution in [0.4, 0.5) is 11.4 Å². The van der Waals surface area contributed by atoms with Crippen LogP contribution in [0.2, 0.25) is 0 Å². The number of aliphatic hydroxyl groups is 1. The van der Waals surface area contributed by atoms with Crippen molar-refractivity contribution in [2.45, 2.75) is 25.5 Å². The molecule has 0 amide bonds. The van der Waals surface area contributed by atoms with Crippen LogP contribution in [0, 0.1) is 10.1 Å². The molecule has 122 valence electrons. The Labute approximate surface area is 134 Å². The molecule has 0 heterocycles. The summed E-state index contributed by atoms with van der Waals surface area (Å²) in [7, 11) is 1.61. The van der Waals surface area contributed by atoms with E-state index in [1.54, 1.807) is 26.2 Å². The number of benzene rings is 2. The van der Waals surface area contributed by atoms with Gasteiger partial charge in [0.15, 0.2) is 0 Å². The lowest BCUT2D eigenvalue weighted by Gasteiger charge is -2.22. The Morgan fingerprint density at radius 1 is 1.17 bits per heavy atom. The van der Waals surface area contributed by atoms with Crippen molar-refractivity contribution in [3.63, 3.8) is 0 Å². The molecule has 0 saturated heterocycles. The summed E-state index contributed by atoms with van der Waals surface area (Å²) in [4.78, 5) is 10.3. The Balaban J connectivity index is 2.19. The standard InChI is InChI=1S/C17H20N2O4/c1-12(20)11-17(13-3-7-15(8-4-13)19(21)22)18-14-5-9-16(23-2)10-6-14/h3-10,12,17-18,20H,11H2,1-2H3/t12?,17-/m0/s1. The van der Waals surface area contributed by atoms with Gasteiger partial charge in [-0.05, 0) is 43.2 Å². The number of aliphatic hydroxyl groups excluding tert-OH is 1. The molecule has 0 bridgehead atoms. The van der Waals surface area contributed by atoms with Crippen LogP contribution in [-0.2, 0) is 0 Å². The SMILES string of the molecule is COc1ccc(N[C@@H](CC(C)O)c2ccc([N+](=O)[O-])cc2)cc1. The lowest BCUT2D eigenvalue weighted by molar-refractivity contribution is -0.384. The second kappa shape index (κ2) is 7.60. The minimum Gasteiger partial charge on any atom is -0.497 e. The van der Waals surface area contributed by atoms with E-state index in [-0.39, 0.29) is 11.7 Å². The van der Waals surface area contributed by atoms with Crippen LogP contribution in [-0.4, -0.2) is 23.2 Å². The average molecular weight is 316 g/mol. The summed E-state index contributed by atoms with van der Waals surface area (Å²) >= 11 is 0. The summed E-state index contributed by atoms with van der Waals surface area (Å²) < 4.78 is 5.13. The first-order valence-corrected chi connectivity index (χ1v) is 7.32. The highest BCUT2D eigenvalue weighted by molar-refractivity contribution is 5.49. The Bertz CT molecular complexity index is 639. The predicted octanol–water partition coefficient (Wildman–Crippen LogP) is 3.53. The molecule has 0 fully saturated rings. The zero-order valence-electron chi connectivity index (χ0n) is 13.1. The summed E-state index contributed by atoms with van der Waals surface area (Å²) in [6, 6.07) is 13.7. The van der Waals surface area contributed by atoms with Crippen LogP contribution in [0.3, 0.4) is 0 Å². The van der Waals surface area contributed by atoms with Gasteiger partial charge in [-0.15, -0.1) is 0 Å². The molecule has 23 heavy (non-hydrogen) atoms. The first-order valence-electron chi connectivity index (χ1n) is 7.32. The van der Waals surface area contributed by atoms with E-state index in [4.69, 9.17) is 4.74 Å². The molecular formula is C17H20N2O4. The van der Waals surface area contributed by atoms with Gasteiger partial charge in [-0.3, -0.25) is 10.1 Å². The van der Waals surface area contributed by atoms with Crippen LogP contribution >= 0.6 is 0 Å². The molecule has 0 aromatic heterocycles. The average Bonchev–Trinajstić information content (AvgIpc) is 2.54. The van der Waals surface area contributed by atoms with Crippen molar-refractivity contribution in [1.82, 2.24) is 0 Å². The molecular weight excluding hydrogens is 296 g/mol. The normalized spacial score (nSPS) is 13.2. The monoisotopic (exact) mass is 316 g/mol. The van der Waals surface area contributed by atoms with E-state index < -0.39 is 11.0 Å². The van der Waals surface area contributed by atoms with Crippen molar-refractivity contribution in [3.8, 4) is 5.75 Å². The van der Waals surface area contributed by atoms with Crippen LogP contribution < -0.4 is 10.1 Å². The number of nitrogens with zero attached hydrogens (tertiary/aromatic N) is 1. The van der Waals surface area contributed by atoms with Crippen LogP contribution in [0.5, 0.6) is 5.75 Å². The summed E-state index contributed by atoms with van der Waals surface area (Å²) in [6.45, 7) is 1.72. The first kappa shape index (κ1) is 16.8. The highest BCUT2D eigenvalue weighted by Crippen LogP contribution is 2.26. The van der Waals surface area contributed by atoms with E-state index in [1.165, 1.54) is 12.1 Å². The molecule has 2 rings (SSSR count). The molecule has 0 saturated carbocycles. The number of nitro groups is 1. The van der Waals surface area contributed by atoms with Gasteiger partial charge in [0.25, 0.3) is 5.69 Å². The number of rotatable bonds is 7. The molecule has 6 nitrogen and oxygen atoms in total. The Hall–Kier alpha value is -2.60. The van der Waals surface area contributed by atoms with Crippen molar-refractivity contribution in [1.29, 1.82) is 0 Å². The van der Waals surface area contributed by atoms with E-state index in [1.807, 2.05) is 24.3 Å². The number of hydrogen-bond acceptors (Lipinski definition) is 5. The molecule has 0 spiro atoms. The fourth-order valence-electron chi connectivity index (χ4n) is 2.34. The number of non-ortho nitro benzene ring substituents is 1. The van der Waals surface area contributed by atoms with Crippen LogP contribution in [0.15, 0.2) is 48.5 Å². The lowest BCUT2D eigenvalue weighted by Crippen LogP contribution is -2.16. The summed E-state index contributed by atoms with van der Waals surface area (Å²) in [5.74, 6) is 0.762. The number of nitrogens with one attached hydrogen (secondary N) is 1. The third kappa shape index (κ3) is 4.69. The third-order valence-electron chi connectivity index (χ3n) is 3.51. The second-order valence-corrected chi connectivity index (χ2v) is 5.36. The quantitative estimate of drug-likeness (QED) is 0.603. The molecule has 6 heteroatoms. The van der Waals surface area contributed by atoms with Gasteiger partial charge >= 0.3 is 0 Å². The maximum absolute atomic E-state index is 10.7. The van der Waals surface area contributed by atoms with Gasteiger partial charge in [-0.1, -0.05) is 12.1 Å². The Kier molecular flexibility index (Phi) is 5.54. The molecule has 2 N–H and O–H groups in total. The van der Waals surface area contributed by atoms with Gasteiger partial charge < -0.3 is 15.2 Å². The van der Waals surface area contributed by atoms with Crippen molar-refractivity contribution < 1.29 is 14.8 Å². The molecule has 2 aromatic rings. The molecule has 2 atom stereocenters. The zero-order valence-corrected chi connectivity index (χ0v) is 13.1. The fourth-order valence-corrected chi connectivity index (χ4v) is 2.34. The molecule has 0 radical (unpaired) electrons.